The quantitative estimate of drug-likeness (QED) is 0.788. The third kappa shape index (κ3) is 3.56. The highest BCUT2D eigenvalue weighted by molar-refractivity contribution is 9.08. The molecule has 6 heteroatoms. The Morgan fingerprint density at radius 3 is 2.68 bits per heavy atom. The van der Waals surface area contributed by atoms with Gasteiger partial charge in [0, 0.05) is 25.0 Å². The molecule has 0 aromatic heterocycles. The molecule has 106 valence electrons. The fraction of sp³-hybridized carbons (Fsp3) is 0.538. The molecule has 0 N–H and O–H groups in total. The average molecular weight is 348 g/mol. The maximum Gasteiger partial charge on any atom is 0.243 e. The number of nitrogens with zero attached hydrogens (tertiary/aromatic N) is 1. The molecule has 0 aliphatic carbocycles. The molecule has 0 amide bonds. The van der Waals surface area contributed by atoms with Crippen molar-refractivity contribution in [2.75, 3.05) is 19.7 Å². The standard InChI is InChI=1S/C13H18BrNO3S/c1-11-10-15(7-2-8-18-11)19(16,17)13-5-3-12(9-14)4-6-13/h3-6,11H,2,7-10H2,1H3. The van der Waals surface area contributed by atoms with Crippen molar-refractivity contribution in [3.05, 3.63) is 29.8 Å². The zero-order valence-electron chi connectivity index (χ0n) is 10.9. The van der Waals surface area contributed by atoms with Crippen LogP contribution in [0, 0.1) is 0 Å². The summed E-state index contributed by atoms with van der Waals surface area (Å²) in [7, 11) is -3.41. The predicted octanol–water partition coefficient (Wildman–Crippen LogP) is 2.38. The highest BCUT2D eigenvalue weighted by Gasteiger charge is 2.27. The maximum atomic E-state index is 12.5. The molecule has 1 fully saturated rings. The van der Waals surface area contributed by atoms with Crippen molar-refractivity contribution in [2.24, 2.45) is 0 Å². The Balaban J connectivity index is 2.24. The molecule has 1 aliphatic rings. The number of alkyl halides is 1. The van der Waals surface area contributed by atoms with Gasteiger partial charge in [0.2, 0.25) is 10.0 Å². The summed E-state index contributed by atoms with van der Waals surface area (Å²) in [6.45, 7) is 3.47. The smallest absolute Gasteiger partial charge is 0.243 e. The first kappa shape index (κ1) is 15.0. The van der Waals surface area contributed by atoms with Crippen molar-refractivity contribution in [1.82, 2.24) is 4.31 Å². The molecular weight excluding hydrogens is 330 g/mol. The normalized spacial score (nSPS) is 22.1. The van der Waals surface area contributed by atoms with Gasteiger partial charge in [0.1, 0.15) is 0 Å². The topological polar surface area (TPSA) is 46.6 Å². The van der Waals surface area contributed by atoms with Gasteiger partial charge in [-0.2, -0.15) is 4.31 Å². The second kappa shape index (κ2) is 6.35. The fourth-order valence-electron chi connectivity index (χ4n) is 2.07. The molecule has 1 aromatic carbocycles. The number of ether oxygens (including phenoxy) is 1. The Morgan fingerprint density at radius 2 is 2.05 bits per heavy atom. The van der Waals surface area contributed by atoms with Crippen LogP contribution in [0.3, 0.4) is 0 Å². The molecule has 1 unspecified atom stereocenters. The summed E-state index contributed by atoms with van der Waals surface area (Å²) >= 11 is 3.35. The number of hydrogen-bond donors (Lipinski definition) is 0. The van der Waals surface area contributed by atoms with E-state index in [2.05, 4.69) is 15.9 Å². The van der Waals surface area contributed by atoms with Crippen LogP contribution in [0.2, 0.25) is 0 Å². The summed E-state index contributed by atoms with van der Waals surface area (Å²) in [5.74, 6) is 0. The third-order valence-corrected chi connectivity index (χ3v) is 5.66. The molecule has 1 atom stereocenters. The Hall–Kier alpha value is -0.430. The van der Waals surface area contributed by atoms with Crippen LogP contribution in [0.5, 0.6) is 0 Å². The molecule has 1 saturated heterocycles. The monoisotopic (exact) mass is 347 g/mol. The molecule has 1 aliphatic heterocycles. The first-order chi connectivity index (χ1) is 9.04. The van der Waals surface area contributed by atoms with Crippen LogP contribution in [0.25, 0.3) is 0 Å². The predicted molar refractivity (Wildman–Crippen MR) is 77.9 cm³/mol. The zero-order valence-corrected chi connectivity index (χ0v) is 13.3. The number of hydrogen-bond acceptors (Lipinski definition) is 3. The van der Waals surface area contributed by atoms with E-state index in [-0.39, 0.29) is 6.10 Å². The van der Waals surface area contributed by atoms with Crippen molar-refractivity contribution < 1.29 is 13.2 Å². The molecule has 1 heterocycles. The van der Waals surface area contributed by atoms with Crippen LogP contribution in [-0.4, -0.2) is 38.5 Å². The Bertz CT molecular complexity index is 515. The Kier molecular flexibility index (Phi) is 5.00. The van der Waals surface area contributed by atoms with E-state index < -0.39 is 10.0 Å². The van der Waals surface area contributed by atoms with E-state index in [0.29, 0.717) is 24.6 Å². The summed E-state index contributed by atoms with van der Waals surface area (Å²) in [6, 6.07) is 7.00. The van der Waals surface area contributed by atoms with Crippen molar-refractivity contribution in [1.29, 1.82) is 0 Å². The molecular formula is C13H18BrNO3S. The van der Waals surface area contributed by atoms with Gasteiger partial charge in [-0.25, -0.2) is 8.42 Å². The lowest BCUT2D eigenvalue weighted by atomic mass is 10.2. The maximum absolute atomic E-state index is 12.5. The van der Waals surface area contributed by atoms with Crippen LogP contribution in [-0.2, 0) is 20.1 Å². The molecule has 0 radical (unpaired) electrons. The lowest BCUT2D eigenvalue weighted by Crippen LogP contribution is -2.35. The Labute approximate surface area is 122 Å². The summed E-state index contributed by atoms with van der Waals surface area (Å²) in [6.07, 6.45) is 0.683. The van der Waals surface area contributed by atoms with Crippen LogP contribution in [0.1, 0.15) is 18.9 Å². The van der Waals surface area contributed by atoms with Crippen molar-refractivity contribution in [2.45, 2.75) is 29.7 Å². The van der Waals surface area contributed by atoms with Gasteiger partial charge >= 0.3 is 0 Å². The van der Waals surface area contributed by atoms with Gasteiger partial charge in [0.15, 0.2) is 0 Å². The first-order valence-electron chi connectivity index (χ1n) is 6.30. The zero-order chi connectivity index (χ0) is 13.9. The summed E-state index contributed by atoms with van der Waals surface area (Å²) < 4.78 is 32.1. The number of sulfonamides is 1. The van der Waals surface area contributed by atoms with E-state index in [4.69, 9.17) is 4.74 Å². The minimum absolute atomic E-state index is 0.0564. The Morgan fingerprint density at radius 1 is 1.37 bits per heavy atom. The fourth-order valence-corrected chi connectivity index (χ4v) is 4.00. The van der Waals surface area contributed by atoms with Crippen LogP contribution in [0.15, 0.2) is 29.2 Å². The minimum atomic E-state index is -3.41. The first-order valence-corrected chi connectivity index (χ1v) is 8.87. The molecule has 0 saturated carbocycles. The van der Waals surface area contributed by atoms with Crippen LogP contribution < -0.4 is 0 Å². The van der Waals surface area contributed by atoms with Crippen molar-refractivity contribution >= 4 is 26.0 Å². The molecule has 4 nitrogen and oxygen atoms in total. The van der Waals surface area contributed by atoms with E-state index in [1.54, 1.807) is 12.1 Å². The second-order valence-electron chi connectivity index (χ2n) is 4.68. The van der Waals surface area contributed by atoms with Gasteiger partial charge in [0.05, 0.1) is 11.0 Å². The number of halogens is 1. The van der Waals surface area contributed by atoms with E-state index in [1.807, 2.05) is 19.1 Å². The van der Waals surface area contributed by atoms with Gasteiger partial charge in [0.25, 0.3) is 0 Å². The van der Waals surface area contributed by atoms with Crippen molar-refractivity contribution in [3.63, 3.8) is 0 Å². The summed E-state index contributed by atoms with van der Waals surface area (Å²) in [4.78, 5) is 0.353. The molecule has 0 bridgehead atoms. The molecule has 2 rings (SSSR count). The molecule has 0 spiro atoms. The van der Waals surface area contributed by atoms with E-state index in [9.17, 15) is 8.42 Å². The largest absolute Gasteiger partial charge is 0.377 e. The SMILES string of the molecule is CC1CN(S(=O)(=O)c2ccc(CBr)cc2)CCCO1. The molecule has 19 heavy (non-hydrogen) atoms. The van der Waals surface area contributed by atoms with E-state index >= 15 is 0 Å². The van der Waals surface area contributed by atoms with Gasteiger partial charge in [-0.15, -0.1) is 0 Å². The van der Waals surface area contributed by atoms with Gasteiger partial charge in [-0.05, 0) is 31.0 Å². The van der Waals surface area contributed by atoms with E-state index in [1.165, 1.54) is 4.31 Å². The second-order valence-corrected chi connectivity index (χ2v) is 7.17. The third-order valence-electron chi connectivity index (χ3n) is 3.13. The number of rotatable bonds is 3. The lowest BCUT2D eigenvalue weighted by Gasteiger charge is -2.21. The van der Waals surface area contributed by atoms with Crippen LogP contribution in [0.4, 0.5) is 0 Å². The minimum Gasteiger partial charge on any atom is -0.377 e. The highest BCUT2D eigenvalue weighted by atomic mass is 79.9. The summed E-state index contributed by atoms with van der Waals surface area (Å²) in [5, 5.41) is 0.724. The van der Waals surface area contributed by atoms with Crippen LogP contribution >= 0.6 is 15.9 Å². The summed E-state index contributed by atoms with van der Waals surface area (Å²) in [5.41, 5.74) is 1.06. The van der Waals surface area contributed by atoms with Crippen molar-refractivity contribution in [3.8, 4) is 0 Å². The van der Waals surface area contributed by atoms with E-state index in [0.717, 1.165) is 17.3 Å². The van der Waals surface area contributed by atoms with Gasteiger partial charge in [-0.3, -0.25) is 0 Å². The van der Waals surface area contributed by atoms with Gasteiger partial charge in [-0.1, -0.05) is 28.1 Å². The number of benzene rings is 1. The highest BCUT2D eigenvalue weighted by Crippen LogP contribution is 2.20. The van der Waals surface area contributed by atoms with Gasteiger partial charge < -0.3 is 4.74 Å². The average Bonchev–Trinajstić information content (AvgIpc) is 2.64. The lowest BCUT2D eigenvalue weighted by molar-refractivity contribution is 0.0752. The molecule has 1 aromatic rings.